The predicted molar refractivity (Wildman–Crippen MR) is 146 cm³/mol. The third-order valence-electron chi connectivity index (χ3n) is 6.89. The highest BCUT2D eigenvalue weighted by molar-refractivity contribution is 7.48. The van der Waals surface area contributed by atoms with Crippen LogP contribution in [-0.4, -0.2) is 81.2 Å². The Morgan fingerprint density at radius 3 is 2.46 bits per heavy atom. The molecule has 5 unspecified atom stereocenters. The van der Waals surface area contributed by atoms with Gasteiger partial charge >= 0.3 is 7.82 Å². The molecule has 0 aromatic rings. The molecule has 0 bridgehead atoms. The number of nitrogens with two attached hydrogens (primary N) is 1. The molecule has 3 aliphatic heterocycles. The number of allylic oxidation sites excluding steroid dienone is 2. The second-order valence-electron chi connectivity index (χ2n) is 10.5. The Balaban J connectivity index is 1.40. The molecule has 1 amide bonds. The van der Waals surface area contributed by atoms with Gasteiger partial charge in [-0.3, -0.25) is 18.4 Å². The topological polar surface area (TPSA) is 128 Å². The lowest BCUT2D eigenvalue weighted by Crippen LogP contribution is -2.44. The van der Waals surface area contributed by atoms with Crippen LogP contribution in [0.4, 0.5) is 0 Å². The fraction of sp³-hybridized carbons (Fsp3) is 0.815. The normalized spacial score (nSPS) is 27.4. The van der Waals surface area contributed by atoms with E-state index in [1.165, 1.54) is 45.6 Å². The molecule has 0 radical (unpaired) electrons. The maximum atomic E-state index is 13.0. The monoisotopic (exact) mass is 574 g/mol. The minimum atomic E-state index is -3.81. The second kappa shape index (κ2) is 15.6. The number of carbonyl (C=O) groups excluding carboxylic acids is 1. The highest BCUT2D eigenvalue weighted by Gasteiger charge is 2.57. The summed E-state index contributed by atoms with van der Waals surface area (Å²) in [7, 11) is -2.52. The maximum Gasteiger partial charge on any atom is 0.474 e. The van der Waals surface area contributed by atoms with Crippen LogP contribution in [0.3, 0.4) is 0 Å². The Kier molecular flexibility index (Phi) is 12.9. The van der Waals surface area contributed by atoms with Crippen molar-refractivity contribution in [2.24, 2.45) is 5.73 Å². The van der Waals surface area contributed by atoms with E-state index in [1.54, 1.807) is 12.2 Å². The molecule has 2 fully saturated rings. The van der Waals surface area contributed by atoms with E-state index < -0.39 is 44.1 Å². The molecule has 3 rings (SSSR count). The van der Waals surface area contributed by atoms with Gasteiger partial charge in [-0.15, -0.1) is 0 Å². The van der Waals surface area contributed by atoms with Crippen LogP contribution in [0.2, 0.25) is 0 Å². The Morgan fingerprint density at radius 2 is 1.74 bits per heavy atom. The molecule has 5 atom stereocenters. The SMILES string of the molecule is CCCCCCCCCOCCCOP(=O)(OC)OCC1OC(N2C=CC=C(C(N)=O)C2)C2OC(C)(C)OC12. The van der Waals surface area contributed by atoms with E-state index in [1.807, 2.05) is 24.9 Å². The van der Waals surface area contributed by atoms with Gasteiger partial charge in [0, 0.05) is 32.1 Å². The quantitative estimate of drug-likeness (QED) is 0.175. The molecular weight excluding hydrogens is 527 g/mol. The van der Waals surface area contributed by atoms with Crippen LogP contribution >= 0.6 is 7.82 Å². The summed E-state index contributed by atoms with van der Waals surface area (Å²) in [5.74, 6) is -1.34. The second-order valence-corrected chi connectivity index (χ2v) is 12.3. The third-order valence-corrected chi connectivity index (χ3v) is 8.30. The summed E-state index contributed by atoms with van der Waals surface area (Å²) in [6.07, 6.45) is 12.4. The van der Waals surface area contributed by atoms with E-state index in [0.29, 0.717) is 18.6 Å². The molecule has 224 valence electrons. The summed E-state index contributed by atoms with van der Waals surface area (Å²) in [6, 6.07) is 0. The van der Waals surface area contributed by atoms with Crippen LogP contribution in [0.5, 0.6) is 0 Å². The Morgan fingerprint density at radius 1 is 1.05 bits per heavy atom. The summed E-state index contributed by atoms with van der Waals surface area (Å²) < 4.78 is 53.3. The average Bonchev–Trinajstić information content (AvgIpc) is 3.41. The highest BCUT2D eigenvalue weighted by Crippen LogP contribution is 2.50. The lowest BCUT2D eigenvalue weighted by atomic mass is 10.1. The number of phosphoric ester groups is 1. The Labute approximate surface area is 232 Å². The largest absolute Gasteiger partial charge is 0.474 e. The zero-order chi connectivity index (χ0) is 28.3. The molecule has 3 aliphatic rings. The maximum absolute atomic E-state index is 13.0. The van der Waals surface area contributed by atoms with Crippen LogP contribution in [0.25, 0.3) is 0 Å². The number of hydrogen-bond donors (Lipinski definition) is 1. The Bertz CT molecular complexity index is 881. The number of nitrogens with zero attached hydrogens (tertiary/aromatic N) is 1. The van der Waals surface area contributed by atoms with E-state index in [0.717, 1.165) is 13.0 Å². The molecule has 11 nitrogen and oxygen atoms in total. The van der Waals surface area contributed by atoms with Crippen molar-refractivity contribution < 1.29 is 41.9 Å². The standard InChI is InChI=1S/C27H47N2O9P/c1-5-6-7-8-9-10-11-16-33-17-13-18-34-39(31,32-4)35-20-22-23-24(38-27(2,3)37-23)26(36-22)29-15-12-14-21(19-29)25(28)30/h12,14-15,22-24,26H,5-11,13,16-20H2,1-4H3,(H2,28,30). The van der Waals surface area contributed by atoms with Crippen LogP contribution in [0.15, 0.2) is 23.9 Å². The van der Waals surface area contributed by atoms with Crippen molar-refractivity contribution in [3.8, 4) is 0 Å². The van der Waals surface area contributed by atoms with Crippen molar-refractivity contribution in [3.63, 3.8) is 0 Å². The molecule has 39 heavy (non-hydrogen) atoms. The van der Waals surface area contributed by atoms with Gasteiger partial charge in [-0.05, 0) is 32.8 Å². The molecule has 3 heterocycles. The van der Waals surface area contributed by atoms with Crippen molar-refractivity contribution in [3.05, 3.63) is 23.9 Å². The first kappa shape index (κ1) is 32.2. The van der Waals surface area contributed by atoms with E-state index in [-0.39, 0.29) is 19.8 Å². The summed E-state index contributed by atoms with van der Waals surface area (Å²) in [5, 5.41) is 0. The van der Waals surface area contributed by atoms with Gasteiger partial charge in [-0.25, -0.2) is 4.57 Å². The molecule has 0 aromatic carbocycles. The van der Waals surface area contributed by atoms with E-state index >= 15 is 0 Å². The summed E-state index contributed by atoms with van der Waals surface area (Å²) in [5.41, 5.74) is 5.93. The number of unbranched alkanes of at least 4 members (excludes halogenated alkanes) is 6. The number of carbonyl (C=O) groups is 1. The third kappa shape index (κ3) is 9.93. The number of amides is 1. The highest BCUT2D eigenvalue weighted by atomic mass is 31.2. The first-order chi connectivity index (χ1) is 18.7. The van der Waals surface area contributed by atoms with Crippen molar-refractivity contribution in [1.29, 1.82) is 0 Å². The van der Waals surface area contributed by atoms with Crippen LogP contribution in [-0.2, 0) is 41.9 Å². The molecule has 2 N–H and O–H groups in total. The molecule has 0 aromatic heterocycles. The summed E-state index contributed by atoms with van der Waals surface area (Å²) >= 11 is 0. The first-order valence-corrected chi connectivity index (χ1v) is 15.6. The lowest BCUT2D eigenvalue weighted by molar-refractivity contribution is -0.204. The zero-order valence-electron chi connectivity index (χ0n) is 23.9. The fourth-order valence-electron chi connectivity index (χ4n) is 4.87. The number of primary amides is 1. The van der Waals surface area contributed by atoms with Gasteiger partial charge in [0.1, 0.15) is 18.3 Å². The number of rotatable bonds is 19. The number of phosphoric acid groups is 1. The molecule has 2 saturated heterocycles. The minimum Gasteiger partial charge on any atom is -0.381 e. The smallest absolute Gasteiger partial charge is 0.381 e. The molecule has 0 aliphatic carbocycles. The molecule has 12 heteroatoms. The van der Waals surface area contributed by atoms with Gasteiger partial charge in [0.25, 0.3) is 0 Å². The van der Waals surface area contributed by atoms with Gasteiger partial charge in [0.2, 0.25) is 5.91 Å². The number of fused-ring (bicyclic) bond motifs is 1. The summed E-state index contributed by atoms with van der Waals surface area (Å²) in [6.45, 7) is 7.46. The van der Waals surface area contributed by atoms with Gasteiger partial charge in [-0.2, -0.15) is 0 Å². The number of ether oxygens (including phenoxy) is 4. The molecule has 0 saturated carbocycles. The molecular formula is C27H47N2O9P. The minimum absolute atomic E-state index is 0.0902. The van der Waals surface area contributed by atoms with E-state index in [9.17, 15) is 9.36 Å². The van der Waals surface area contributed by atoms with Gasteiger partial charge in [0.15, 0.2) is 12.0 Å². The van der Waals surface area contributed by atoms with Crippen molar-refractivity contribution >= 4 is 13.7 Å². The van der Waals surface area contributed by atoms with Gasteiger partial charge in [-0.1, -0.05) is 51.5 Å². The van der Waals surface area contributed by atoms with E-state index in [2.05, 4.69) is 6.92 Å². The van der Waals surface area contributed by atoms with Crippen molar-refractivity contribution in [2.75, 3.05) is 40.1 Å². The predicted octanol–water partition coefficient (Wildman–Crippen LogP) is 4.42. The zero-order valence-corrected chi connectivity index (χ0v) is 24.8. The Hall–Kier alpha value is -1.30. The van der Waals surface area contributed by atoms with Crippen LogP contribution in [0, 0.1) is 0 Å². The van der Waals surface area contributed by atoms with Gasteiger partial charge < -0.3 is 29.6 Å². The first-order valence-electron chi connectivity index (χ1n) is 14.1. The van der Waals surface area contributed by atoms with Gasteiger partial charge in [0.05, 0.1) is 19.8 Å². The lowest BCUT2D eigenvalue weighted by Gasteiger charge is -2.33. The van der Waals surface area contributed by atoms with E-state index in [4.69, 9.17) is 38.3 Å². The fourth-order valence-corrected chi connectivity index (χ4v) is 5.84. The van der Waals surface area contributed by atoms with Crippen molar-refractivity contribution in [1.82, 2.24) is 4.90 Å². The van der Waals surface area contributed by atoms with Crippen LogP contribution < -0.4 is 5.73 Å². The van der Waals surface area contributed by atoms with Crippen molar-refractivity contribution in [2.45, 2.75) is 102 Å². The van der Waals surface area contributed by atoms with Crippen LogP contribution in [0.1, 0.15) is 72.1 Å². The summed E-state index contributed by atoms with van der Waals surface area (Å²) in [4.78, 5) is 13.5. The number of hydrogen-bond acceptors (Lipinski definition) is 10. The molecule has 0 spiro atoms. The average molecular weight is 575 g/mol.